The van der Waals surface area contributed by atoms with Gasteiger partial charge in [-0.3, -0.25) is 19.7 Å². The molecule has 8 heteroatoms. The molecule has 1 amide bonds. The lowest BCUT2D eigenvalue weighted by Crippen LogP contribution is -2.52. The average molecular weight is 513 g/mol. The molecule has 7 nitrogen and oxygen atoms in total. The summed E-state index contributed by atoms with van der Waals surface area (Å²) < 4.78 is 22.3. The van der Waals surface area contributed by atoms with Crippen molar-refractivity contribution in [2.75, 3.05) is 7.05 Å². The number of ketones is 1. The number of amides is 1. The minimum absolute atomic E-state index is 0.0455. The van der Waals surface area contributed by atoms with Gasteiger partial charge in [0.2, 0.25) is 0 Å². The number of benzene rings is 3. The minimum atomic E-state index is -0.945. The lowest BCUT2D eigenvalue weighted by molar-refractivity contribution is -0.384. The molecule has 3 aliphatic carbocycles. The normalized spacial score (nSPS) is 19.5. The Morgan fingerprint density at radius 1 is 1.11 bits per heavy atom. The van der Waals surface area contributed by atoms with E-state index in [-0.39, 0.29) is 44.6 Å². The number of hydrogen-bond donors (Lipinski definition) is 1. The summed E-state index contributed by atoms with van der Waals surface area (Å²) in [7, 11) is 1.42. The summed E-state index contributed by atoms with van der Waals surface area (Å²) in [5.41, 5.74) is 1.25. The summed E-state index contributed by atoms with van der Waals surface area (Å²) in [6, 6.07) is 14.6. The van der Waals surface area contributed by atoms with Crippen molar-refractivity contribution < 1.29 is 23.3 Å². The van der Waals surface area contributed by atoms with Gasteiger partial charge in [0, 0.05) is 24.6 Å². The van der Waals surface area contributed by atoms with Crippen molar-refractivity contribution in [1.29, 1.82) is 0 Å². The maximum absolute atomic E-state index is 16.4. The Balaban J connectivity index is 1.53. The third-order valence-electron chi connectivity index (χ3n) is 8.04. The van der Waals surface area contributed by atoms with E-state index in [1.807, 2.05) is 19.1 Å². The quantitative estimate of drug-likeness (QED) is 0.166. The molecule has 0 atom stereocenters. The molecule has 0 aliphatic heterocycles. The largest absolute Gasteiger partial charge is 0.455 e. The molecule has 0 unspecified atom stereocenters. The van der Waals surface area contributed by atoms with Crippen molar-refractivity contribution in [3.05, 3.63) is 87.2 Å². The van der Waals surface area contributed by atoms with E-state index < -0.39 is 22.3 Å². The Bertz CT molecular complexity index is 1640. The maximum atomic E-state index is 16.4. The van der Waals surface area contributed by atoms with E-state index in [4.69, 9.17) is 4.42 Å². The monoisotopic (exact) mass is 512 g/mol. The minimum Gasteiger partial charge on any atom is -0.455 e. The van der Waals surface area contributed by atoms with Crippen LogP contribution in [0.1, 0.15) is 52.0 Å². The van der Waals surface area contributed by atoms with Crippen molar-refractivity contribution in [2.45, 2.75) is 32.6 Å². The van der Waals surface area contributed by atoms with Gasteiger partial charge >= 0.3 is 0 Å². The van der Waals surface area contributed by atoms with Crippen LogP contribution in [0.15, 0.2) is 59.0 Å². The highest BCUT2D eigenvalue weighted by atomic mass is 19.1. The Morgan fingerprint density at radius 2 is 1.82 bits per heavy atom. The topological polar surface area (TPSA) is 102 Å². The fourth-order valence-electron chi connectivity index (χ4n) is 6.04. The van der Waals surface area contributed by atoms with Crippen LogP contribution in [0.2, 0.25) is 0 Å². The van der Waals surface area contributed by atoms with Crippen molar-refractivity contribution in [3.63, 3.8) is 0 Å². The fourth-order valence-corrected chi connectivity index (χ4v) is 6.04. The molecule has 4 aromatic rings. The Morgan fingerprint density at radius 3 is 2.42 bits per heavy atom. The van der Waals surface area contributed by atoms with Gasteiger partial charge in [0.05, 0.1) is 27.5 Å². The molecule has 3 aliphatic rings. The fraction of sp³-hybridized carbons (Fsp3) is 0.267. The molecule has 3 fully saturated rings. The molecule has 1 heterocycles. The van der Waals surface area contributed by atoms with Crippen LogP contribution in [0.4, 0.5) is 10.1 Å². The molecule has 1 aromatic heterocycles. The van der Waals surface area contributed by atoms with Crippen LogP contribution in [0, 0.1) is 34.2 Å². The second kappa shape index (κ2) is 8.62. The molecule has 1 N–H and O–H groups in total. The molecule has 38 heavy (non-hydrogen) atoms. The molecule has 3 aromatic carbocycles. The SMILES string of the molecule is CNC(=O)c1c(-c2ccc(C)cc2)oc2cc([N+](=O)[O-])c(-c3cccc(C(=O)CC45CC(C4)C5)c3)c(F)c12. The molecule has 2 bridgehead atoms. The summed E-state index contributed by atoms with van der Waals surface area (Å²) in [6.45, 7) is 1.91. The molecule has 192 valence electrons. The van der Waals surface area contributed by atoms with Gasteiger partial charge in [-0.1, -0.05) is 48.0 Å². The van der Waals surface area contributed by atoms with Crippen LogP contribution in [-0.2, 0) is 0 Å². The first-order valence-corrected chi connectivity index (χ1v) is 12.6. The number of fused-ring (bicyclic) bond motifs is 1. The summed E-state index contributed by atoms with van der Waals surface area (Å²) in [5.74, 6) is -0.719. The number of hydrogen-bond acceptors (Lipinski definition) is 5. The van der Waals surface area contributed by atoms with Crippen molar-refractivity contribution in [2.24, 2.45) is 11.3 Å². The zero-order chi connectivity index (χ0) is 26.8. The molecular weight excluding hydrogens is 487 g/mol. The van der Waals surface area contributed by atoms with Gasteiger partial charge in [0.15, 0.2) is 5.78 Å². The smallest absolute Gasteiger partial charge is 0.283 e. The second-order valence-corrected chi connectivity index (χ2v) is 10.6. The first-order chi connectivity index (χ1) is 18.2. The number of nitrogens with one attached hydrogen (secondary N) is 1. The first kappa shape index (κ1) is 24.0. The highest BCUT2D eigenvalue weighted by molar-refractivity contribution is 6.13. The van der Waals surface area contributed by atoms with Gasteiger partial charge in [-0.25, -0.2) is 4.39 Å². The third-order valence-corrected chi connectivity index (χ3v) is 8.04. The number of carbonyl (C=O) groups excluding carboxylic acids is 2. The summed E-state index contributed by atoms with van der Waals surface area (Å²) in [6.07, 6.45) is 3.64. The van der Waals surface area contributed by atoms with Crippen LogP contribution in [0.25, 0.3) is 33.4 Å². The number of nitro benzene ring substituents is 1. The number of aryl methyl sites for hydroxylation is 1. The van der Waals surface area contributed by atoms with Gasteiger partial charge in [0.25, 0.3) is 11.6 Å². The third kappa shape index (κ3) is 3.70. The zero-order valence-corrected chi connectivity index (χ0v) is 21.0. The van der Waals surface area contributed by atoms with Crippen LogP contribution in [0.3, 0.4) is 0 Å². The molecule has 0 spiro atoms. The number of nitrogens with zero attached hydrogens (tertiary/aromatic N) is 1. The van der Waals surface area contributed by atoms with Crippen LogP contribution >= 0.6 is 0 Å². The highest BCUT2D eigenvalue weighted by Crippen LogP contribution is 2.66. The molecule has 7 rings (SSSR count). The molecule has 0 saturated heterocycles. The van der Waals surface area contributed by atoms with E-state index in [0.717, 1.165) is 36.8 Å². The predicted molar refractivity (Wildman–Crippen MR) is 141 cm³/mol. The van der Waals surface area contributed by atoms with E-state index in [1.54, 1.807) is 24.3 Å². The van der Waals surface area contributed by atoms with Gasteiger partial charge < -0.3 is 9.73 Å². The van der Waals surface area contributed by atoms with E-state index in [2.05, 4.69) is 5.32 Å². The maximum Gasteiger partial charge on any atom is 0.283 e. The van der Waals surface area contributed by atoms with E-state index >= 15 is 4.39 Å². The number of Topliss-reactive ketones (excluding diaryl/α,β-unsaturated/α-hetero) is 1. The van der Waals surface area contributed by atoms with E-state index in [0.29, 0.717) is 17.5 Å². The standard InChI is InChI=1S/C30H25FN2O5/c1-16-6-8-18(9-7-16)28-26(29(35)32-2)25-23(38-28)11-21(33(36)37)24(27(25)31)20-5-3-4-19(10-20)22(34)15-30-12-17(13-30)14-30/h3-11,17H,12-15H2,1-2H3,(H,32,35). The first-order valence-electron chi connectivity index (χ1n) is 12.6. The summed E-state index contributed by atoms with van der Waals surface area (Å²) in [5, 5.41) is 14.5. The lowest BCUT2D eigenvalue weighted by Gasteiger charge is -2.62. The number of furan rings is 1. The molecule has 3 saturated carbocycles. The van der Waals surface area contributed by atoms with Crippen molar-refractivity contribution >= 4 is 28.3 Å². The highest BCUT2D eigenvalue weighted by Gasteiger charge is 2.56. The molecule has 0 radical (unpaired) electrons. The van der Waals surface area contributed by atoms with Gasteiger partial charge in [-0.05, 0) is 49.1 Å². The summed E-state index contributed by atoms with van der Waals surface area (Å²) >= 11 is 0. The van der Waals surface area contributed by atoms with Gasteiger partial charge in [-0.15, -0.1) is 0 Å². The number of halogens is 1. The Kier molecular flexibility index (Phi) is 5.45. The average Bonchev–Trinajstić information content (AvgIpc) is 3.25. The van der Waals surface area contributed by atoms with Gasteiger partial charge in [-0.2, -0.15) is 0 Å². The predicted octanol–water partition coefficient (Wildman–Crippen LogP) is 6.86. The summed E-state index contributed by atoms with van der Waals surface area (Å²) in [4.78, 5) is 37.4. The second-order valence-electron chi connectivity index (χ2n) is 10.6. The van der Waals surface area contributed by atoms with Gasteiger partial charge in [0.1, 0.15) is 17.2 Å². The number of nitro groups is 1. The van der Waals surface area contributed by atoms with Crippen molar-refractivity contribution in [1.82, 2.24) is 5.32 Å². The van der Waals surface area contributed by atoms with Crippen LogP contribution < -0.4 is 5.32 Å². The van der Waals surface area contributed by atoms with E-state index in [1.165, 1.54) is 19.2 Å². The lowest BCUT2D eigenvalue weighted by atomic mass is 9.43. The van der Waals surface area contributed by atoms with Crippen LogP contribution in [-0.4, -0.2) is 23.7 Å². The molecular formula is C30H25FN2O5. The van der Waals surface area contributed by atoms with E-state index in [9.17, 15) is 19.7 Å². The zero-order valence-electron chi connectivity index (χ0n) is 21.0. The Hall–Kier alpha value is -4.33. The number of carbonyl (C=O) groups is 2. The number of rotatable bonds is 7. The van der Waals surface area contributed by atoms with Crippen molar-refractivity contribution in [3.8, 4) is 22.5 Å². The van der Waals surface area contributed by atoms with Crippen LogP contribution in [0.5, 0.6) is 0 Å². The Labute approximate surface area is 217 Å².